The largest absolute Gasteiger partial charge is 0.396 e. The van der Waals surface area contributed by atoms with Crippen molar-refractivity contribution in [2.75, 3.05) is 26.4 Å². The van der Waals surface area contributed by atoms with Crippen LogP contribution in [0.4, 0.5) is 0 Å². The lowest BCUT2D eigenvalue weighted by Gasteiger charge is -2.39. The zero-order valence-corrected chi connectivity index (χ0v) is 8.65. The van der Waals surface area contributed by atoms with Crippen molar-refractivity contribution in [3.05, 3.63) is 30.1 Å². The SMILES string of the molecule is OCC1(CNCc2ccccn2)COC1. The van der Waals surface area contributed by atoms with Gasteiger partial charge in [0.05, 0.1) is 30.9 Å². The van der Waals surface area contributed by atoms with E-state index in [-0.39, 0.29) is 12.0 Å². The van der Waals surface area contributed by atoms with Crippen molar-refractivity contribution in [1.29, 1.82) is 0 Å². The average Bonchev–Trinajstić information content (AvgIpc) is 2.24. The first-order chi connectivity index (χ1) is 7.35. The van der Waals surface area contributed by atoms with Crippen molar-refractivity contribution in [2.24, 2.45) is 5.41 Å². The second kappa shape index (κ2) is 4.70. The minimum absolute atomic E-state index is 0.0607. The summed E-state index contributed by atoms with van der Waals surface area (Å²) in [6.07, 6.45) is 1.78. The normalized spacial score (nSPS) is 18.5. The first-order valence-electron chi connectivity index (χ1n) is 5.14. The van der Waals surface area contributed by atoms with E-state index in [1.54, 1.807) is 6.20 Å². The molecule has 0 bridgehead atoms. The van der Waals surface area contributed by atoms with Crippen LogP contribution in [0.2, 0.25) is 0 Å². The Kier molecular flexibility index (Phi) is 3.30. The Morgan fingerprint density at radius 3 is 2.87 bits per heavy atom. The van der Waals surface area contributed by atoms with Crippen molar-refractivity contribution in [1.82, 2.24) is 10.3 Å². The number of aliphatic hydroxyl groups is 1. The summed E-state index contributed by atoms with van der Waals surface area (Å²) in [6, 6.07) is 5.85. The molecule has 1 aliphatic rings. The molecule has 0 amide bonds. The molecule has 2 N–H and O–H groups in total. The minimum Gasteiger partial charge on any atom is -0.396 e. The van der Waals surface area contributed by atoms with Gasteiger partial charge in [0.2, 0.25) is 0 Å². The van der Waals surface area contributed by atoms with Gasteiger partial charge in [0.25, 0.3) is 0 Å². The highest BCUT2D eigenvalue weighted by molar-refractivity contribution is 5.03. The molecule has 2 rings (SSSR count). The summed E-state index contributed by atoms with van der Waals surface area (Å²) >= 11 is 0. The first kappa shape index (κ1) is 10.5. The third-order valence-corrected chi connectivity index (χ3v) is 2.68. The lowest BCUT2D eigenvalue weighted by atomic mass is 9.87. The summed E-state index contributed by atoms with van der Waals surface area (Å²) in [5.74, 6) is 0. The molecule has 82 valence electrons. The second-order valence-corrected chi connectivity index (χ2v) is 4.08. The third-order valence-electron chi connectivity index (χ3n) is 2.68. The Balaban J connectivity index is 1.75. The fourth-order valence-electron chi connectivity index (χ4n) is 1.60. The van der Waals surface area contributed by atoms with Crippen molar-refractivity contribution in [3.63, 3.8) is 0 Å². The lowest BCUT2D eigenvalue weighted by Crippen LogP contribution is -2.52. The van der Waals surface area contributed by atoms with Crippen LogP contribution < -0.4 is 5.32 Å². The zero-order chi connectivity index (χ0) is 10.6. The van der Waals surface area contributed by atoms with E-state index < -0.39 is 0 Å². The summed E-state index contributed by atoms with van der Waals surface area (Å²) in [5, 5.41) is 12.5. The molecule has 2 heterocycles. The summed E-state index contributed by atoms with van der Waals surface area (Å²) in [4.78, 5) is 4.21. The van der Waals surface area contributed by atoms with Gasteiger partial charge in [-0.1, -0.05) is 6.07 Å². The third kappa shape index (κ3) is 2.53. The van der Waals surface area contributed by atoms with E-state index in [1.165, 1.54) is 0 Å². The van der Waals surface area contributed by atoms with Crippen LogP contribution in [0, 0.1) is 5.41 Å². The maximum Gasteiger partial charge on any atom is 0.0579 e. The van der Waals surface area contributed by atoms with Gasteiger partial charge in [0.1, 0.15) is 0 Å². The molecule has 4 heteroatoms. The minimum atomic E-state index is -0.0607. The topological polar surface area (TPSA) is 54.4 Å². The smallest absolute Gasteiger partial charge is 0.0579 e. The standard InChI is InChI=1S/C11H16N2O2/c14-7-11(8-15-9-11)6-12-5-10-3-1-2-4-13-10/h1-4,12,14H,5-9H2. The summed E-state index contributed by atoms with van der Waals surface area (Å²) < 4.78 is 5.12. The molecule has 0 radical (unpaired) electrons. The predicted octanol–water partition coefficient (Wildman–Crippen LogP) is 0.180. The van der Waals surface area contributed by atoms with Gasteiger partial charge >= 0.3 is 0 Å². The molecule has 15 heavy (non-hydrogen) atoms. The van der Waals surface area contributed by atoms with E-state index in [0.717, 1.165) is 18.8 Å². The van der Waals surface area contributed by atoms with Crippen LogP contribution in [-0.4, -0.2) is 36.5 Å². The van der Waals surface area contributed by atoms with Crippen LogP contribution in [0.15, 0.2) is 24.4 Å². The molecular formula is C11H16N2O2. The zero-order valence-electron chi connectivity index (χ0n) is 8.65. The van der Waals surface area contributed by atoms with Gasteiger partial charge in [-0.15, -0.1) is 0 Å². The number of hydrogen-bond acceptors (Lipinski definition) is 4. The molecule has 0 unspecified atom stereocenters. The van der Waals surface area contributed by atoms with Gasteiger partial charge in [0, 0.05) is 19.3 Å². The molecule has 0 saturated carbocycles. The molecule has 1 fully saturated rings. The Bertz CT molecular complexity index is 293. The van der Waals surface area contributed by atoms with Crippen LogP contribution in [0.3, 0.4) is 0 Å². The van der Waals surface area contributed by atoms with Crippen molar-refractivity contribution in [2.45, 2.75) is 6.54 Å². The van der Waals surface area contributed by atoms with E-state index in [2.05, 4.69) is 10.3 Å². The Morgan fingerprint density at radius 1 is 1.47 bits per heavy atom. The monoisotopic (exact) mass is 208 g/mol. The number of rotatable bonds is 5. The van der Waals surface area contributed by atoms with Crippen LogP contribution in [0.5, 0.6) is 0 Å². The van der Waals surface area contributed by atoms with Crippen molar-refractivity contribution >= 4 is 0 Å². The summed E-state index contributed by atoms with van der Waals surface area (Å²) in [5.41, 5.74) is 0.959. The van der Waals surface area contributed by atoms with E-state index in [4.69, 9.17) is 4.74 Å². The van der Waals surface area contributed by atoms with Crippen molar-refractivity contribution < 1.29 is 9.84 Å². The molecule has 1 aromatic rings. The quantitative estimate of drug-likeness (QED) is 0.725. The number of ether oxygens (including phenoxy) is 1. The lowest BCUT2D eigenvalue weighted by molar-refractivity contribution is -0.134. The first-order valence-corrected chi connectivity index (χ1v) is 5.14. The van der Waals surface area contributed by atoms with Gasteiger partial charge in [0.15, 0.2) is 0 Å². The van der Waals surface area contributed by atoms with Gasteiger partial charge in [-0.05, 0) is 12.1 Å². The van der Waals surface area contributed by atoms with Crippen molar-refractivity contribution in [3.8, 4) is 0 Å². The number of nitrogens with one attached hydrogen (secondary N) is 1. The van der Waals surface area contributed by atoms with Crippen LogP contribution in [0.1, 0.15) is 5.69 Å². The summed E-state index contributed by atoms with van der Waals surface area (Å²) in [6.45, 7) is 3.00. The molecule has 0 aromatic carbocycles. The number of aromatic nitrogens is 1. The van der Waals surface area contributed by atoms with Gasteiger partial charge in [-0.3, -0.25) is 4.98 Å². The predicted molar refractivity (Wildman–Crippen MR) is 56.3 cm³/mol. The highest BCUT2D eigenvalue weighted by atomic mass is 16.5. The molecule has 1 aliphatic heterocycles. The van der Waals surface area contributed by atoms with Crippen LogP contribution in [-0.2, 0) is 11.3 Å². The molecule has 0 atom stereocenters. The fourth-order valence-corrected chi connectivity index (χ4v) is 1.60. The molecule has 0 aliphatic carbocycles. The number of pyridine rings is 1. The van der Waals surface area contributed by atoms with Gasteiger partial charge < -0.3 is 15.2 Å². The van der Waals surface area contributed by atoms with Gasteiger partial charge in [-0.25, -0.2) is 0 Å². The molecular weight excluding hydrogens is 192 g/mol. The fraction of sp³-hybridized carbons (Fsp3) is 0.545. The maximum atomic E-state index is 9.20. The Labute approximate surface area is 89.3 Å². The Morgan fingerprint density at radius 2 is 2.33 bits per heavy atom. The average molecular weight is 208 g/mol. The molecule has 0 spiro atoms. The highest BCUT2D eigenvalue weighted by Gasteiger charge is 2.37. The second-order valence-electron chi connectivity index (χ2n) is 4.08. The van der Waals surface area contributed by atoms with Gasteiger partial charge in [-0.2, -0.15) is 0 Å². The molecule has 1 saturated heterocycles. The highest BCUT2D eigenvalue weighted by Crippen LogP contribution is 2.25. The number of nitrogens with zero attached hydrogens (tertiary/aromatic N) is 1. The van der Waals surface area contributed by atoms with E-state index in [0.29, 0.717) is 13.2 Å². The molecule has 4 nitrogen and oxygen atoms in total. The van der Waals surface area contributed by atoms with E-state index in [1.807, 2.05) is 18.2 Å². The number of hydrogen-bond donors (Lipinski definition) is 2. The molecule has 1 aromatic heterocycles. The maximum absolute atomic E-state index is 9.20. The van der Waals surface area contributed by atoms with Crippen LogP contribution >= 0.6 is 0 Å². The van der Waals surface area contributed by atoms with E-state index >= 15 is 0 Å². The van der Waals surface area contributed by atoms with Crippen LogP contribution in [0.25, 0.3) is 0 Å². The Hall–Kier alpha value is -0.970. The van der Waals surface area contributed by atoms with E-state index in [9.17, 15) is 5.11 Å². The summed E-state index contributed by atoms with van der Waals surface area (Å²) in [7, 11) is 0. The number of aliphatic hydroxyl groups excluding tert-OH is 1.